The number of hydrogen-bond acceptors (Lipinski definition) is 3. The van der Waals surface area contributed by atoms with Gasteiger partial charge in [-0.05, 0) is 49.6 Å². The highest BCUT2D eigenvalue weighted by atomic mass is 19.1. The van der Waals surface area contributed by atoms with Crippen molar-refractivity contribution < 1.29 is 18.7 Å². The van der Waals surface area contributed by atoms with Crippen molar-refractivity contribution in [2.24, 2.45) is 0 Å². The Labute approximate surface area is 169 Å². The molecule has 4 nitrogen and oxygen atoms in total. The number of aromatic hydroxyl groups is 1. The molecule has 0 aromatic heterocycles. The number of carbonyl (C=O) groups excluding carboxylic acids is 1. The minimum Gasteiger partial charge on any atom is -0.505 e. The lowest BCUT2D eigenvalue weighted by Crippen LogP contribution is -2.49. The van der Waals surface area contributed by atoms with Gasteiger partial charge in [0, 0.05) is 25.6 Å². The number of halogens is 2. The highest BCUT2D eigenvalue weighted by Gasteiger charge is 2.40. The Morgan fingerprint density at radius 3 is 2.55 bits per heavy atom. The molecule has 2 saturated heterocycles. The third-order valence-corrected chi connectivity index (χ3v) is 6.18. The number of carbonyl (C=O) groups is 1. The molecule has 154 valence electrons. The molecule has 2 aromatic carbocycles. The molecule has 2 fully saturated rings. The van der Waals surface area contributed by atoms with Crippen molar-refractivity contribution in [2.75, 3.05) is 19.6 Å². The fourth-order valence-electron chi connectivity index (χ4n) is 4.47. The highest BCUT2D eigenvalue weighted by Crippen LogP contribution is 2.34. The molecule has 0 spiro atoms. The quantitative estimate of drug-likeness (QED) is 0.850. The zero-order valence-electron chi connectivity index (χ0n) is 16.5. The van der Waals surface area contributed by atoms with Crippen LogP contribution in [-0.2, 0) is 11.3 Å². The number of benzene rings is 2. The van der Waals surface area contributed by atoms with Crippen molar-refractivity contribution in [3.63, 3.8) is 0 Å². The van der Waals surface area contributed by atoms with Crippen molar-refractivity contribution in [2.45, 2.75) is 44.4 Å². The molecule has 0 bridgehead atoms. The van der Waals surface area contributed by atoms with Gasteiger partial charge in [0.1, 0.15) is 6.17 Å². The van der Waals surface area contributed by atoms with Crippen LogP contribution in [0.5, 0.6) is 5.75 Å². The van der Waals surface area contributed by atoms with E-state index < -0.39 is 23.7 Å². The predicted molar refractivity (Wildman–Crippen MR) is 107 cm³/mol. The maximum Gasteiger partial charge on any atom is 0.240 e. The van der Waals surface area contributed by atoms with E-state index in [0.29, 0.717) is 38.0 Å². The summed E-state index contributed by atoms with van der Waals surface area (Å²) in [5.41, 5.74) is 2.84. The van der Waals surface area contributed by atoms with Crippen LogP contribution in [0.4, 0.5) is 8.78 Å². The van der Waals surface area contributed by atoms with E-state index in [4.69, 9.17) is 0 Å². The van der Waals surface area contributed by atoms with Crippen LogP contribution in [-0.4, -0.2) is 52.7 Å². The van der Waals surface area contributed by atoms with Crippen LogP contribution in [0, 0.1) is 12.7 Å². The first-order chi connectivity index (χ1) is 13.9. The van der Waals surface area contributed by atoms with Gasteiger partial charge in [0.05, 0.1) is 6.04 Å². The first kappa shape index (κ1) is 19.8. The number of hydrogen-bond donors (Lipinski definition) is 1. The van der Waals surface area contributed by atoms with Gasteiger partial charge in [0.15, 0.2) is 11.6 Å². The van der Waals surface area contributed by atoms with Gasteiger partial charge >= 0.3 is 0 Å². The van der Waals surface area contributed by atoms with E-state index in [1.54, 1.807) is 6.07 Å². The number of amides is 1. The van der Waals surface area contributed by atoms with E-state index >= 15 is 0 Å². The van der Waals surface area contributed by atoms with E-state index in [-0.39, 0.29) is 18.5 Å². The number of piperidine rings is 1. The molecule has 1 N–H and O–H groups in total. The van der Waals surface area contributed by atoms with Gasteiger partial charge < -0.3 is 10.0 Å². The van der Waals surface area contributed by atoms with E-state index in [2.05, 4.69) is 0 Å². The smallest absolute Gasteiger partial charge is 0.240 e. The van der Waals surface area contributed by atoms with E-state index in [9.17, 15) is 18.7 Å². The van der Waals surface area contributed by atoms with Crippen molar-refractivity contribution in [1.82, 2.24) is 9.80 Å². The van der Waals surface area contributed by atoms with Crippen LogP contribution in [0.15, 0.2) is 42.5 Å². The number of rotatable bonds is 4. The van der Waals surface area contributed by atoms with Gasteiger partial charge in [-0.25, -0.2) is 8.78 Å². The van der Waals surface area contributed by atoms with Crippen LogP contribution in [0.2, 0.25) is 0 Å². The number of phenols is 1. The second-order valence-corrected chi connectivity index (χ2v) is 8.17. The summed E-state index contributed by atoms with van der Waals surface area (Å²) in [6.07, 6.45) is 0.0508. The Bertz CT molecular complexity index is 887. The summed E-state index contributed by atoms with van der Waals surface area (Å²) in [5, 5.41) is 9.35. The molecule has 2 aliphatic heterocycles. The number of nitrogens with zero attached hydrogens (tertiary/aromatic N) is 2. The van der Waals surface area contributed by atoms with Crippen LogP contribution in [0.3, 0.4) is 0 Å². The molecule has 4 rings (SSSR count). The molecule has 2 aromatic rings. The third kappa shape index (κ3) is 4.13. The first-order valence-electron chi connectivity index (χ1n) is 10.1. The highest BCUT2D eigenvalue weighted by molar-refractivity contribution is 5.84. The average molecular weight is 400 g/mol. The van der Waals surface area contributed by atoms with Gasteiger partial charge in [-0.1, -0.05) is 35.9 Å². The summed E-state index contributed by atoms with van der Waals surface area (Å²) in [5.74, 6) is -1.50. The summed E-state index contributed by atoms with van der Waals surface area (Å²) in [4.78, 5) is 16.7. The molecule has 29 heavy (non-hydrogen) atoms. The summed E-state index contributed by atoms with van der Waals surface area (Å²) in [6.45, 7) is 4.06. The lowest BCUT2D eigenvalue weighted by molar-refractivity contribution is -0.133. The fraction of sp³-hybridized carbons (Fsp3) is 0.435. The van der Waals surface area contributed by atoms with Gasteiger partial charge in [0.25, 0.3) is 0 Å². The summed E-state index contributed by atoms with van der Waals surface area (Å²) in [6, 6.07) is 11.9. The Balaban J connectivity index is 1.38. The van der Waals surface area contributed by atoms with Gasteiger partial charge in [0.2, 0.25) is 5.91 Å². The molecule has 3 atom stereocenters. The first-order valence-corrected chi connectivity index (χ1v) is 10.1. The Morgan fingerprint density at radius 2 is 1.86 bits per heavy atom. The maximum absolute atomic E-state index is 14.9. The molecule has 2 aliphatic rings. The summed E-state index contributed by atoms with van der Waals surface area (Å²) < 4.78 is 28.6. The van der Waals surface area contributed by atoms with Crippen LogP contribution in [0.25, 0.3) is 0 Å². The van der Waals surface area contributed by atoms with Crippen molar-refractivity contribution in [1.29, 1.82) is 0 Å². The number of aryl methyl sites for hydroxylation is 1. The summed E-state index contributed by atoms with van der Waals surface area (Å²) in [7, 11) is 0. The molecular formula is C23H26F2N2O2. The van der Waals surface area contributed by atoms with Crippen LogP contribution < -0.4 is 0 Å². The Morgan fingerprint density at radius 1 is 1.10 bits per heavy atom. The fourth-order valence-corrected chi connectivity index (χ4v) is 4.47. The van der Waals surface area contributed by atoms with Crippen molar-refractivity contribution in [3.05, 3.63) is 65.0 Å². The monoisotopic (exact) mass is 400 g/mol. The number of likely N-dealkylation sites (tertiary alicyclic amines) is 2. The third-order valence-electron chi connectivity index (χ3n) is 6.18. The Hall–Kier alpha value is -2.47. The molecule has 1 amide bonds. The lowest BCUT2D eigenvalue weighted by atomic mass is 9.87. The second-order valence-electron chi connectivity index (χ2n) is 8.17. The number of alkyl halides is 1. The van der Waals surface area contributed by atoms with Crippen molar-refractivity contribution in [3.8, 4) is 5.75 Å². The van der Waals surface area contributed by atoms with E-state index in [1.807, 2.05) is 41.0 Å². The van der Waals surface area contributed by atoms with Crippen LogP contribution in [0.1, 0.15) is 35.4 Å². The molecule has 0 aliphatic carbocycles. The number of phenolic OH excluding ortho intramolecular Hbond substituents is 1. The predicted octanol–water partition coefficient (Wildman–Crippen LogP) is 3.77. The normalized spacial score (nSPS) is 25.6. The van der Waals surface area contributed by atoms with Gasteiger partial charge in [-0.2, -0.15) is 0 Å². The SMILES string of the molecule is Cc1ccc(CN2CC[C@H](N3CC[C@H](c4ccc(O)c(F)c4)[C@@H](F)C3)C2=O)cc1. The standard InChI is InChI=1S/C23H26F2N2O2/c1-15-2-4-16(5-3-15)13-27-11-9-21(23(27)29)26-10-8-18(20(25)14-26)17-6-7-22(28)19(24)12-17/h2-7,12,18,20-21,28H,8-11,13-14H2,1H3/t18-,20+,21+/m1/s1. The van der Waals surface area contributed by atoms with E-state index in [0.717, 1.165) is 5.56 Å². The molecule has 0 saturated carbocycles. The van der Waals surface area contributed by atoms with Gasteiger partial charge in [-0.15, -0.1) is 0 Å². The molecule has 6 heteroatoms. The largest absolute Gasteiger partial charge is 0.505 e. The van der Waals surface area contributed by atoms with Crippen LogP contribution >= 0.6 is 0 Å². The zero-order chi connectivity index (χ0) is 20.5. The molecule has 0 unspecified atom stereocenters. The minimum atomic E-state index is -1.17. The summed E-state index contributed by atoms with van der Waals surface area (Å²) >= 11 is 0. The lowest BCUT2D eigenvalue weighted by Gasteiger charge is -2.37. The molecular weight excluding hydrogens is 374 g/mol. The average Bonchev–Trinajstić information content (AvgIpc) is 3.06. The topological polar surface area (TPSA) is 43.8 Å². The second kappa shape index (κ2) is 8.11. The zero-order valence-corrected chi connectivity index (χ0v) is 16.5. The molecule has 0 radical (unpaired) electrons. The van der Waals surface area contributed by atoms with Crippen molar-refractivity contribution >= 4 is 5.91 Å². The molecule has 2 heterocycles. The van der Waals surface area contributed by atoms with E-state index in [1.165, 1.54) is 17.7 Å². The Kier molecular flexibility index (Phi) is 5.54. The minimum absolute atomic E-state index is 0.0619. The maximum atomic E-state index is 14.9. The van der Waals surface area contributed by atoms with Gasteiger partial charge in [-0.3, -0.25) is 9.69 Å².